The predicted octanol–water partition coefficient (Wildman–Crippen LogP) is 4.64. The first-order valence-corrected chi connectivity index (χ1v) is 6.21. The van der Waals surface area contributed by atoms with Crippen LogP contribution in [0.5, 0.6) is 0 Å². The number of unbranched alkanes of at least 4 members (excludes halogenated alkanes) is 1. The fraction of sp³-hybridized carbons (Fsp3) is 0.857. The fourth-order valence-corrected chi connectivity index (χ4v) is 2.67. The quantitative estimate of drug-likeness (QED) is 0.572. The van der Waals surface area contributed by atoms with Crippen molar-refractivity contribution in [1.82, 2.24) is 0 Å². The van der Waals surface area contributed by atoms with Crippen LogP contribution in [0.1, 0.15) is 65.2 Å². The SMILES string of the molecule is C#C.CCCCC1CCCCC1CC. The number of terminal acetylenes is 1. The highest BCUT2D eigenvalue weighted by Crippen LogP contribution is 2.35. The molecule has 0 heteroatoms. The Balaban J connectivity index is 0.000000791. The number of hydrogen-bond acceptors (Lipinski definition) is 0. The van der Waals surface area contributed by atoms with Gasteiger partial charge >= 0.3 is 0 Å². The summed E-state index contributed by atoms with van der Waals surface area (Å²) in [5, 5.41) is 0. The minimum Gasteiger partial charge on any atom is -0.124 e. The van der Waals surface area contributed by atoms with Crippen LogP contribution in [0.2, 0.25) is 0 Å². The Kier molecular flexibility index (Phi) is 8.84. The normalized spacial score (nSPS) is 26.3. The van der Waals surface area contributed by atoms with E-state index >= 15 is 0 Å². The van der Waals surface area contributed by atoms with Gasteiger partial charge in [-0.05, 0) is 11.8 Å². The average molecular weight is 194 g/mol. The van der Waals surface area contributed by atoms with Crippen molar-refractivity contribution in [2.75, 3.05) is 0 Å². The van der Waals surface area contributed by atoms with Gasteiger partial charge in [-0.15, -0.1) is 12.8 Å². The highest BCUT2D eigenvalue weighted by atomic mass is 14.3. The summed E-state index contributed by atoms with van der Waals surface area (Å²) in [7, 11) is 0. The van der Waals surface area contributed by atoms with Crippen molar-refractivity contribution in [3.05, 3.63) is 0 Å². The number of rotatable bonds is 4. The molecule has 0 aromatic carbocycles. The van der Waals surface area contributed by atoms with Crippen LogP contribution >= 0.6 is 0 Å². The van der Waals surface area contributed by atoms with Crippen LogP contribution in [0.25, 0.3) is 0 Å². The van der Waals surface area contributed by atoms with E-state index in [0.29, 0.717) is 0 Å². The van der Waals surface area contributed by atoms with Crippen molar-refractivity contribution >= 4 is 0 Å². The minimum atomic E-state index is 1.07. The molecule has 0 heterocycles. The summed E-state index contributed by atoms with van der Waals surface area (Å²) in [5.74, 6) is 2.16. The Labute approximate surface area is 90.5 Å². The molecule has 0 radical (unpaired) electrons. The van der Waals surface area contributed by atoms with Crippen molar-refractivity contribution in [2.24, 2.45) is 11.8 Å². The van der Waals surface area contributed by atoms with Gasteiger partial charge in [0.05, 0.1) is 0 Å². The van der Waals surface area contributed by atoms with Crippen LogP contribution in [0.4, 0.5) is 0 Å². The third kappa shape index (κ3) is 4.70. The van der Waals surface area contributed by atoms with E-state index in [0.717, 1.165) is 11.8 Å². The average Bonchev–Trinajstić information content (AvgIpc) is 2.29. The second-order valence-electron chi connectivity index (χ2n) is 4.36. The fourth-order valence-electron chi connectivity index (χ4n) is 2.67. The third-order valence-electron chi connectivity index (χ3n) is 3.52. The molecule has 2 unspecified atom stereocenters. The van der Waals surface area contributed by atoms with E-state index in [9.17, 15) is 0 Å². The summed E-state index contributed by atoms with van der Waals surface area (Å²) in [6, 6.07) is 0. The van der Waals surface area contributed by atoms with E-state index in [2.05, 4.69) is 26.7 Å². The molecule has 1 rings (SSSR count). The van der Waals surface area contributed by atoms with Gasteiger partial charge in [-0.25, -0.2) is 0 Å². The summed E-state index contributed by atoms with van der Waals surface area (Å²) in [5.41, 5.74) is 0. The van der Waals surface area contributed by atoms with E-state index in [-0.39, 0.29) is 0 Å². The highest BCUT2D eigenvalue weighted by molar-refractivity contribution is 4.74. The molecule has 0 aromatic rings. The smallest absolute Gasteiger partial charge is 0.0386 e. The Morgan fingerprint density at radius 1 is 1.00 bits per heavy atom. The van der Waals surface area contributed by atoms with Gasteiger partial charge in [0.1, 0.15) is 0 Å². The van der Waals surface area contributed by atoms with Crippen LogP contribution in [0.3, 0.4) is 0 Å². The van der Waals surface area contributed by atoms with Gasteiger partial charge < -0.3 is 0 Å². The lowest BCUT2D eigenvalue weighted by molar-refractivity contribution is 0.214. The van der Waals surface area contributed by atoms with Gasteiger partial charge in [0.2, 0.25) is 0 Å². The highest BCUT2D eigenvalue weighted by Gasteiger charge is 2.22. The first kappa shape index (κ1) is 13.6. The van der Waals surface area contributed by atoms with E-state index in [1.165, 1.54) is 51.4 Å². The second-order valence-corrected chi connectivity index (χ2v) is 4.36. The van der Waals surface area contributed by atoms with Crippen LogP contribution in [0, 0.1) is 24.7 Å². The molecular formula is C14H26. The van der Waals surface area contributed by atoms with E-state index in [1.807, 2.05) is 0 Å². The molecule has 1 aliphatic rings. The van der Waals surface area contributed by atoms with Gasteiger partial charge in [-0.2, -0.15) is 0 Å². The van der Waals surface area contributed by atoms with Gasteiger partial charge in [0.25, 0.3) is 0 Å². The van der Waals surface area contributed by atoms with Crippen molar-refractivity contribution in [2.45, 2.75) is 65.2 Å². The lowest BCUT2D eigenvalue weighted by atomic mass is 9.75. The third-order valence-corrected chi connectivity index (χ3v) is 3.52. The van der Waals surface area contributed by atoms with Gasteiger partial charge in [-0.1, -0.05) is 65.2 Å². The van der Waals surface area contributed by atoms with Crippen LogP contribution < -0.4 is 0 Å². The van der Waals surface area contributed by atoms with Gasteiger partial charge in [-0.3, -0.25) is 0 Å². The molecule has 0 aliphatic heterocycles. The molecule has 0 saturated heterocycles. The molecule has 0 aromatic heterocycles. The number of hydrogen-bond donors (Lipinski definition) is 0. The Morgan fingerprint density at radius 2 is 1.57 bits per heavy atom. The van der Waals surface area contributed by atoms with Crippen molar-refractivity contribution < 1.29 is 0 Å². The first-order valence-electron chi connectivity index (χ1n) is 6.21. The summed E-state index contributed by atoms with van der Waals surface area (Å²) in [4.78, 5) is 0. The van der Waals surface area contributed by atoms with E-state index in [1.54, 1.807) is 0 Å². The molecule has 0 N–H and O–H groups in total. The lowest BCUT2D eigenvalue weighted by Gasteiger charge is -2.30. The summed E-state index contributed by atoms with van der Waals surface area (Å²) >= 11 is 0. The van der Waals surface area contributed by atoms with Crippen LogP contribution in [0.15, 0.2) is 0 Å². The maximum absolute atomic E-state index is 4.00. The van der Waals surface area contributed by atoms with E-state index in [4.69, 9.17) is 0 Å². The van der Waals surface area contributed by atoms with Crippen molar-refractivity contribution in [1.29, 1.82) is 0 Å². The molecule has 82 valence electrons. The molecule has 0 spiro atoms. The maximum atomic E-state index is 4.00. The summed E-state index contributed by atoms with van der Waals surface area (Å²) in [6.07, 6.45) is 19.8. The van der Waals surface area contributed by atoms with Crippen molar-refractivity contribution in [3.8, 4) is 12.8 Å². The Morgan fingerprint density at radius 3 is 2.07 bits per heavy atom. The second kappa shape index (κ2) is 9.13. The summed E-state index contributed by atoms with van der Waals surface area (Å²) in [6.45, 7) is 4.68. The Bertz CT molecular complexity index is 134. The van der Waals surface area contributed by atoms with Gasteiger partial charge in [0.15, 0.2) is 0 Å². The molecule has 1 saturated carbocycles. The molecule has 1 aliphatic carbocycles. The molecule has 14 heavy (non-hydrogen) atoms. The largest absolute Gasteiger partial charge is 0.124 e. The maximum Gasteiger partial charge on any atom is -0.0386 e. The first-order chi connectivity index (χ1) is 6.88. The lowest BCUT2D eigenvalue weighted by Crippen LogP contribution is -2.18. The standard InChI is InChI=1S/C12H24.C2H2/c1-3-5-8-12-10-7-6-9-11(12)4-2;1-2/h11-12H,3-10H2,1-2H3;1-2H. The molecular weight excluding hydrogens is 168 g/mol. The zero-order valence-electron chi connectivity index (χ0n) is 9.97. The molecule has 1 fully saturated rings. The minimum absolute atomic E-state index is 1.07. The zero-order valence-corrected chi connectivity index (χ0v) is 9.97. The zero-order chi connectivity index (χ0) is 10.8. The molecule has 0 bridgehead atoms. The van der Waals surface area contributed by atoms with Gasteiger partial charge in [0, 0.05) is 0 Å². The molecule has 0 amide bonds. The molecule has 0 nitrogen and oxygen atoms in total. The Hall–Kier alpha value is -0.440. The molecule has 2 atom stereocenters. The topological polar surface area (TPSA) is 0 Å². The van der Waals surface area contributed by atoms with E-state index < -0.39 is 0 Å². The van der Waals surface area contributed by atoms with Crippen molar-refractivity contribution in [3.63, 3.8) is 0 Å². The van der Waals surface area contributed by atoms with Crippen LogP contribution in [-0.4, -0.2) is 0 Å². The monoisotopic (exact) mass is 194 g/mol. The summed E-state index contributed by atoms with van der Waals surface area (Å²) < 4.78 is 0. The van der Waals surface area contributed by atoms with Crippen LogP contribution in [-0.2, 0) is 0 Å². The predicted molar refractivity (Wildman–Crippen MR) is 65.2 cm³/mol.